The van der Waals surface area contributed by atoms with Crippen LogP contribution in [0.4, 0.5) is 0 Å². The minimum atomic E-state index is -0.0614. The number of rotatable bonds is 6. The molecule has 2 heterocycles. The van der Waals surface area contributed by atoms with Crippen LogP contribution in [0.25, 0.3) is 22.1 Å². The number of halogens is 1. The van der Waals surface area contributed by atoms with Crippen molar-refractivity contribution in [2.75, 3.05) is 13.2 Å². The highest BCUT2D eigenvalue weighted by Gasteiger charge is 2.13. The second-order valence-corrected chi connectivity index (χ2v) is 8.17. The number of fused-ring (bicyclic) bond motifs is 3. The van der Waals surface area contributed by atoms with Crippen LogP contribution in [-0.4, -0.2) is 22.6 Å². The molecule has 0 N–H and O–H groups in total. The van der Waals surface area contributed by atoms with E-state index in [1.165, 1.54) is 11.3 Å². The van der Waals surface area contributed by atoms with Crippen molar-refractivity contribution >= 4 is 56.0 Å². The van der Waals surface area contributed by atoms with Crippen molar-refractivity contribution in [1.29, 1.82) is 0 Å². The van der Waals surface area contributed by atoms with Gasteiger partial charge in [0.25, 0.3) is 5.56 Å². The summed E-state index contributed by atoms with van der Waals surface area (Å²) in [5.74, 6) is 1.34. The highest BCUT2D eigenvalue weighted by atomic mass is 127. The number of nitrogens with zero attached hydrogens (tertiary/aromatic N) is 2. The molecule has 142 valence electrons. The van der Waals surface area contributed by atoms with Crippen LogP contribution in [0.15, 0.2) is 53.8 Å². The topological polar surface area (TPSA) is 52.8 Å². The number of aromatic nitrogens is 2. The fourth-order valence-electron chi connectivity index (χ4n) is 2.98. The third-order valence-electron chi connectivity index (χ3n) is 4.12. The molecule has 0 aliphatic rings. The van der Waals surface area contributed by atoms with E-state index in [1.54, 1.807) is 10.5 Å². The van der Waals surface area contributed by atoms with Gasteiger partial charge in [-0.1, -0.05) is 36.1 Å². The van der Waals surface area contributed by atoms with Gasteiger partial charge >= 0.3 is 0 Å². The Labute approximate surface area is 179 Å². The number of imidazole rings is 1. The molecule has 5 nitrogen and oxygen atoms in total. The van der Waals surface area contributed by atoms with Gasteiger partial charge in [-0.2, -0.15) is 0 Å². The lowest BCUT2D eigenvalue weighted by molar-refractivity contribution is 0.295. The zero-order valence-electron chi connectivity index (χ0n) is 15.1. The summed E-state index contributed by atoms with van der Waals surface area (Å²) < 4.78 is 14.7. The van der Waals surface area contributed by atoms with Gasteiger partial charge in [0, 0.05) is 0 Å². The first-order valence-corrected chi connectivity index (χ1v) is 10.6. The molecular weight excluding hydrogens is 487 g/mol. The second-order valence-electron chi connectivity index (χ2n) is 6.00. The van der Waals surface area contributed by atoms with Gasteiger partial charge in [0.2, 0.25) is 0 Å². The first-order chi connectivity index (χ1) is 13.6. The smallest absolute Gasteiger partial charge is 0.274 e. The maximum absolute atomic E-state index is 12.9. The van der Waals surface area contributed by atoms with Crippen molar-refractivity contribution in [2.45, 2.75) is 6.92 Å². The normalized spacial score (nSPS) is 12.0. The summed E-state index contributed by atoms with van der Waals surface area (Å²) in [5, 5.41) is 0. The molecule has 7 heteroatoms. The van der Waals surface area contributed by atoms with Gasteiger partial charge in [-0.05, 0) is 65.4 Å². The van der Waals surface area contributed by atoms with Crippen LogP contribution in [0.1, 0.15) is 12.5 Å². The minimum Gasteiger partial charge on any atom is -0.490 e. The van der Waals surface area contributed by atoms with E-state index in [2.05, 4.69) is 34.2 Å². The van der Waals surface area contributed by atoms with Crippen LogP contribution in [-0.2, 0) is 0 Å². The lowest BCUT2D eigenvalue weighted by atomic mass is 10.2. The summed E-state index contributed by atoms with van der Waals surface area (Å²) in [4.78, 5) is 18.2. The summed E-state index contributed by atoms with van der Waals surface area (Å²) >= 11 is 3.60. The van der Waals surface area contributed by atoms with Gasteiger partial charge in [0.1, 0.15) is 6.61 Å². The predicted molar refractivity (Wildman–Crippen MR) is 122 cm³/mol. The molecule has 28 heavy (non-hydrogen) atoms. The van der Waals surface area contributed by atoms with E-state index < -0.39 is 0 Å². The lowest BCUT2D eigenvalue weighted by Gasteiger charge is -2.13. The van der Waals surface area contributed by atoms with Gasteiger partial charge < -0.3 is 9.47 Å². The highest BCUT2D eigenvalue weighted by molar-refractivity contribution is 14.1. The molecule has 0 fully saturated rings. The van der Waals surface area contributed by atoms with Gasteiger partial charge in [0.05, 0.1) is 25.7 Å². The van der Waals surface area contributed by atoms with E-state index in [0.717, 1.165) is 20.2 Å². The summed E-state index contributed by atoms with van der Waals surface area (Å²) in [5.41, 5.74) is 2.48. The molecule has 4 aromatic rings. The highest BCUT2D eigenvalue weighted by Crippen LogP contribution is 2.34. The standard InChI is InChI=1S/C21H17IN2O3S/c1-3-9-27-19-14(22)10-13(11-17(19)26-4-2)12-18-20(25)24-16-8-6-5-7-15(16)23-21(24)28-18/h3,5-8,10-12H,1,4,9H2,2H3/b18-12-. The Morgan fingerprint density at radius 3 is 2.89 bits per heavy atom. The first kappa shape index (κ1) is 18.9. The van der Waals surface area contributed by atoms with E-state index in [0.29, 0.717) is 34.2 Å². The van der Waals surface area contributed by atoms with E-state index in [-0.39, 0.29) is 5.56 Å². The van der Waals surface area contributed by atoms with Gasteiger partial charge in [0.15, 0.2) is 16.5 Å². The Morgan fingerprint density at radius 2 is 2.11 bits per heavy atom. The maximum Gasteiger partial charge on any atom is 0.274 e. The van der Waals surface area contributed by atoms with Gasteiger partial charge in [-0.3, -0.25) is 4.79 Å². The van der Waals surface area contributed by atoms with Gasteiger partial charge in [-0.15, -0.1) is 0 Å². The molecule has 0 saturated carbocycles. The molecule has 0 amide bonds. The van der Waals surface area contributed by atoms with Crippen molar-refractivity contribution in [3.8, 4) is 11.5 Å². The predicted octanol–water partition coefficient (Wildman–Crippen LogP) is 4.03. The molecule has 4 rings (SSSR count). The van der Waals surface area contributed by atoms with Crippen LogP contribution in [0.5, 0.6) is 11.5 Å². The van der Waals surface area contributed by atoms with Crippen molar-refractivity contribution in [3.05, 3.63) is 73.1 Å². The monoisotopic (exact) mass is 504 g/mol. The first-order valence-electron chi connectivity index (χ1n) is 8.74. The fraction of sp³-hybridized carbons (Fsp3) is 0.143. The van der Waals surface area contributed by atoms with E-state index >= 15 is 0 Å². The minimum absolute atomic E-state index is 0.0614. The van der Waals surface area contributed by atoms with E-state index in [9.17, 15) is 4.79 Å². The molecule has 2 aromatic carbocycles. The summed E-state index contributed by atoms with van der Waals surface area (Å²) in [6.07, 6.45) is 3.57. The van der Waals surface area contributed by atoms with Crippen LogP contribution in [0.3, 0.4) is 0 Å². The fourth-order valence-corrected chi connectivity index (χ4v) is 4.75. The molecule has 0 atom stereocenters. The van der Waals surface area contributed by atoms with Crippen LogP contribution < -0.4 is 19.6 Å². The summed E-state index contributed by atoms with van der Waals surface area (Å²) in [6.45, 7) is 6.54. The molecule has 0 saturated heterocycles. The Kier molecular flexibility index (Phi) is 5.36. The van der Waals surface area contributed by atoms with Crippen LogP contribution in [0.2, 0.25) is 0 Å². The van der Waals surface area contributed by atoms with Crippen molar-refractivity contribution in [3.63, 3.8) is 0 Å². The molecule has 0 unspecified atom stereocenters. The summed E-state index contributed by atoms with van der Waals surface area (Å²) in [6, 6.07) is 11.5. The van der Waals surface area contributed by atoms with Crippen LogP contribution in [0, 0.1) is 3.57 Å². The molecular formula is C21H17IN2O3S. The van der Waals surface area contributed by atoms with Crippen molar-refractivity contribution in [1.82, 2.24) is 9.38 Å². The number of hydrogen-bond donors (Lipinski definition) is 0. The number of benzene rings is 2. The number of thiazole rings is 1. The molecule has 0 radical (unpaired) electrons. The Hall–Kier alpha value is -2.39. The molecule has 0 aliphatic heterocycles. The van der Waals surface area contributed by atoms with Gasteiger partial charge in [-0.25, -0.2) is 9.38 Å². The van der Waals surface area contributed by atoms with Crippen molar-refractivity contribution < 1.29 is 9.47 Å². The molecule has 0 spiro atoms. The molecule has 2 aromatic heterocycles. The summed E-state index contributed by atoms with van der Waals surface area (Å²) in [7, 11) is 0. The molecule has 0 aliphatic carbocycles. The third-order valence-corrected chi connectivity index (χ3v) is 5.89. The van der Waals surface area contributed by atoms with E-state index in [4.69, 9.17) is 9.47 Å². The average Bonchev–Trinajstić information content (AvgIpc) is 3.18. The van der Waals surface area contributed by atoms with Crippen LogP contribution >= 0.6 is 33.9 Å². The average molecular weight is 504 g/mol. The number of ether oxygens (including phenoxy) is 2. The van der Waals surface area contributed by atoms with Crippen molar-refractivity contribution in [2.24, 2.45) is 0 Å². The Balaban J connectivity index is 1.85. The lowest BCUT2D eigenvalue weighted by Crippen LogP contribution is -2.22. The Bertz CT molecular complexity index is 1290. The largest absolute Gasteiger partial charge is 0.490 e. The SMILES string of the molecule is C=CCOc1c(I)cc(/C=c2\sc3nc4ccccc4n3c2=O)cc1OCC. The van der Waals surface area contributed by atoms with E-state index in [1.807, 2.05) is 49.4 Å². The third kappa shape index (κ3) is 3.40. The maximum atomic E-state index is 12.9. The number of para-hydroxylation sites is 2. The second kappa shape index (κ2) is 7.92. The number of hydrogen-bond acceptors (Lipinski definition) is 5. The quantitative estimate of drug-likeness (QED) is 0.294. The Morgan fingerprint density at radius 1 is 1.29 bits per heavy atom. The molecule has 0 bridgehead atoms. The zero-order valence-corrected chi connectivity index (χ0v) is 18.1. The zero-order chi connectivity index (χ0) is 19.7.